The summed E-state index contributed by atoms with van der Waals surface area (Å²) in [5.41, 5.74) is 1.83. The Morgan fingerprint density at radius 1 is 1.43 bits per heavy atom. The highest BCUT2D eigenvalue weighted by Gasteiger charge is 2.21. The van der Waals surface area contributed by atoms with Crippen molar-refractivity contribution in [3.8, 4) is 5.88 Å². The van der Waals surface area contributed by atoms with Crippen LogP contribution in [0.1, 0.15) is 12.1 Å². The molecular weight excluding hydrogens is 180 g/mol. The first kappa shape index (κ1) is 8.99. The molecule has 2 rings (SSSR count). The zero-order chi connectivity index (χ0) is 10.1. The average Bonchev–Trinajstić information content (AvgIpc) is 2.23. The minimum Gasteiger partial charge on any atom is -0.481 e. The van der Waals surface area contributed by atoms with Gasteiger partial charge in [0.2, 0.25) is 11.8 Å². The number of rotatable bonds is 1. The molecule has 0 fully saturated rings. The van der Waals surface area contributed by atoms with Crippen LogP contribution in [0, 0.1) is 0 Å². The van der Waals surface area contributed by atoms with Crippen molar-refractivity contribution < 1.29 is 9.53 Å². The maximum absolute atomic E-state index is 11.4. The molecule has 1 amide bonds. The highest BCUT2D eigenvalue weighted by molar-refractivity contribution is 5.95. The van der Waals surface area contributed by atoms with E-state index < -0.39 is 0 Å². The van der Waals surface area contributed by atoms with E-state index in [-0.39, 0.29) is 5.91 Å². The number of hydrogen-bond acceptors (Lipinski definition) is 3. The zero-order valence-corrected chi connectivity index (χ0v) is 8.28. The number of nitrogens with zero attached hydrogens (tertiary/aromatic N) is 2. The second kappa shape index (κ2) is 3.29. The molecule has 14 heavy (non-hydrogen) atoms. The van der Waals surface area contributed by atoms with Gasteiger partial charge in [0.25, 0.3) is 0 Å². The Hall–Kier alpha value is -1.58. The predicted octanol–water partition coefficient (Wildman–Crippen LogP) is 0.999. The van der Waals surface area contributed by atoms with Crippen LogP contribution in [0.2, 0.25) is 0 Å². The SMILES string of the molecule is COc1ccc2c(n1)CCC(=O)N2C. The fourth-order valence-electron chi connectivity index (χ4n) is 1.60. The van der Waals surface area contributed by atoms with E-state index in [0.29, 0.717) is 18.7 Å². The van der Waals surface area contributed by atoms with E-state index in [2.05, 4.69) is 4.98 Å². The number of amides is 1. The number of hydrogen-bond donors (Lipinski definition) is 0. The molecular formula is C10H12N2O2. The van der Waals surface area contributed by atoms with E-state index in [4.69, 9.17) is 4.74 Å². The van der Waals surface area contributed by atoms with Gasteiger partial charge in [0.05, 0.1) is 18.5 Å². The van der Waals surface area contributed by atoms with Gasteiger partial charge in [-0.2, -0.15) is 0 Å². The van der Waals surface area contributed by atoms with Gasteiger partial charge in [-0.25, -0.2) is 4.98 Å². The summed E-state index contributed by atoms with van der Waals surface area (Å²) in [7, 11) is 3.36. The average molecular weight is 192 g/mol. The van der Waals surface area contributed by atoms with Crippen LogP contribution in [-0.2, 0) is 11.2 Å². The van der Waals surface area contributed by atoms with Crippen molar-refractivity contribution in [3.05, 3.63) is 17.8 Å². The molecule has 1 aliphatic heterocycles. The molecule has 0 radical (unpaired) electrons. The highest BCUT2D eigenvalue weighted by Crippen LogP contribution is 2.26. The van der Waals surface area contributed by atoms with Crippen molar-refractivity contribution in [1.29, 1.82) is 0 Å². The van der Waals surface area contributed by atoms with Crippen molar-refractivity contribution in [2.24, 2.45) is 0 Å². The Bertz CT molecular complexity index is 376. The number of pyridine rings is 1. The van der Waals surface area contributed by atoms with Crippen LogP contribution >= 0.6 is 0 Å². The normalized spacial score (nSPS) is 15.3. The number of carbonyl (C=O) groups is 1. The van der Waals surface area contributed by atoms with Crippen molar-refractivity contribution in [3.63, 3.8) is 0 Å². The third-order valence-corrected chi connectivity index (χ3v) is 2.44. The second-order valence-corrected chi connectivity index (χ2v) is 3.27. The minimum atomic E-state index is 0.143. The first-order valence-electron chi connectivity index (χ1n) is 4.53. The van der Waals surface area contributed by atoms with E-state index >= 15 is 0 Å². The van der Waals surface area contributed by atoms with Crippen LogP contribution in [-0.4, -0.2) is 25.0 Å². The monoisotopic (exact) mass is 192 g/mol. The largest absolute Gasteiger partial charge is 0.481 e. The molecule has 0 unspecified atom stereocenters. The van der Waals surface area contributed by atoms with Crippen molar-refractivity contribution in [1.82, 2.24) is 4.98 Å². The number of carbonyl (C=O) groups excluding carboxylic acids is 1. The molecule has 0 saturated heterocycles. The first-order valence-corrected chi connectivity index (χ1v) is 4.53. The minimum absolute atomic E-state index is 0.143. The molecule has 0 aliphatic carbocycles. The van der Waals surface area contributed by atoms with Gasteiger partial charge in [-0.05, 0) is 6.07 Å². The maximum Gasteiger partial charge on any atom is 0.227 e. The fourth-order valence-corrected chi connectivity index (χ4v) is 1.60. The van der Waals surface area contributed by atoms with E-state index in [9.17, 15) is 4.79 Å². The van der Waals surface area contributed by atoms with Crippen LogP contribution in [0.15, 0.2) is 12.1 Å². The zero-order valence-electron chi connectivity index (χ0n) is 8.28. The number of aryl methyl sites for hydroxylation is 1. The van der Waals surface area contributed by atoms with Crippen LogP contribution in [0.4, 0.5) is 5.69 Å². The molecule has 1 aromatic rings. The van der Waals surface area contributed by atoms with Gasteiger partial charge in [0.1, 0.15) is 0 Å². The maximum atomic E-state index is 11.4. The van der Waals surface area contributed by atoms with Crippen molar-refractivity contribution in [2.75, 3.05) is 19.1 Å². The van der Waals surface area contributed by atoms with Gasteiger partial charge in [-0.15, -0.1) is 0 Å². The van der Waals surface area contributed by atoms with Gasteiger partial charge in [-0.1, -0.05) is 0 Å². The Labute approximate surface area is 82.5 Å². The van der Waals surface area contributed by atoms with Crippen molar-refractivity contribution in [2.45, 2.75) is 12.8 Å². The molecule has 0 bridgehead atoms. The molecule has 0 atom stereocenters. The van der Waals surface area contributed by atoms with E-state index in [1.165, 1.54) is 0 Å². The van der Waals surface area contributed by atoms with Gasteiger partial charge in [0, 0.05) is 26.0 Å². The van der Waals surface area contributed by atoms with E-state index in [1.807, 2.05) is 6.07 Å². The number of anilines is 1. The third kappa shape index (κ3) is 1.32. The number of methoxy groups -OCH3 is 1. The molecule has 74 valence electrons. The topological polar surface area (TPSA) is 42.4 Å². The Balaban J connectivity index is 2.43. The molecule has 0 aromatic carbocycles. The van der Waals surface area contributed by atoms with Gasteiger partial charge < -0.3 is 9.64 Å². The molecule has 1 aromatic heterocycles. The van der Waals surface area contributed by atoms with Crippen LogP contribution < -0.4 is 9.64 Å². The lowest BCUT2D eigenvalue weighted by molar-refractivity contribution is -0.118. The first-order chi connectivity index (χ1) is 6.72. The Morgan fingerprint density at radius 3 is 2.93 bits per heavy atom. The molecule has 0 N–H and O–H groups in total. The summed E-state index contributed by atoms with van der Waals surface area (Å²) < 4.78 is 5.03. The standard InChI is InChI=1S/C10H12N2O2/c1-12-8-4-5-9(14-2)11-7(8)3-6-10(12)13/h4-5H,3,6H2,1-2H3. The molecule has 1 aliphatic rings. The molecule has 0 saturated carbocycles. The van der Waals surface area contributed by atoms with Gasteiger partial charge in [0.15, 0.2) is 0 Å². The second-order valence-electron chi connectivity index (χ2n) is 3.27. The summed E-state index contributed by atoms with van der Waals surface area (Å²) in [5, 5.41) is 0. The summed E-state index contributed by atoms with van der Waals surface area (Å²) in [6.07, 6.45) is 1.24. The Morgan fingerprint density at radius 2 is 2.21 bits per heavy atom. The lowest BCUT2D eigenvalue weighted by Gasteiger charge is -2.24. The van der Waals surface area contributed by atoms with E-state index in [0.717, 1.165) is 11.4 Å². The lowest BCUT2D eigenvalue weighted by Crippen LogP contribution is -2.31. The van der Waals surface area contributed by atoms with Gasteiger partial charge in [-0.3, -0.25) is 4.79 Å². The summed E-state index contributed by atoms with van der Waals surface area (Å²) in [6, 6.07) is 3.64. The summed E-state index contributed by atoms with van der Waals surface area (Å²) >= 11 is 0. The number of fused-ring (bicyclic) bond motifs is 1. The van der Waals surface area contributed by atoms with Crippen LogP contribution in [0.3, 0.4) is 0 Å². The summed E-state index contributed by atoms with van der Waals surface area (Å²) in [6.45, 7) is 0. The summed E-state index contributed by atoms with van der Waals surface area (Å²) in [5.74, 6) is 0.746. The quantitative estimate of drug-likeness (QED) is 0.666. The number of aromatic nitrogens is 1. The van der Waals surface area contributed by atoms with Crippen molar-refractivity contribution >= 4 is 11.6 Å². The molecule has 2 heterocycles. The van der Waals surface area contributed by atoms with E-state index in [1.54, 1.807) is 25.1 Å². The molecule has 4 nitrogen and oxygen atoms in total. The van der Waals surface area contributed by atoms with Crippen LogP contribution in [0.5, 0.6) is 5.88 Å². The predicted molar refractivity (Wildman–Crippen MR) is 52.5 cm³/mol. The van der Waals surface area contributed by atoms with Gasteiger partial charge >= 0.3 is 0 Å². The molecule has 4 heteroatoms. The molecule has 0 spiro atoms. The summed E-state index contributed by atoms with van der Waals surface area (Å²) in [4.78, 5) is 17.3. The smallest absolute Gasteiger partial charge is 0.227 e. The third-order valence-electron chi connectivity index (χ3n) is 2.44. The highest BCUT2D eigenvalue weighted by atomic mass is 16.5. The number of ether oxygens (including phenoxy) is 1. The van der Waals surface area contributed by atoms with Crippen LogP contribution in [0.25, 0.3) is 0 Å². The fraction of sp³-hybridized carbons (Fsp3) is 0.400. The lowest BCUT2D eigenvalue weighted by atomic mass is 10.1. The Kier molecular flexibility index (Phi) is 2.11.